The van der Waals surface area contributed by atoms with Gasteiger partial charge in [0, 0.05) is 0 Å². The maximum Gasteiger partial charge on any atom is 0.335 e. The van der Waals surface area contributed by atoms with Crippen molar-refractivity contribution in [3.8, 4) is 5.75 Å². The quantitative estimate of drug-likeness (QED) is 0.811. The summed E-state index contributed by atoms with van der Waals surface area (Å²) in [5.41, 5.74) is 0.240. The summed E-state index contributed by atoms with van der Waals surface area (Å²) in [6, 6.07) is 6.52. The van der Waals surface area contributed by atoms with Crippen molar-refractivity contribution in [2.24, 2.45) is 5.92 Å². The maximum absolute atomic E-state index is 10.8. The van der Waals surface area contributed by atoms with Gasteiger partial charge in [-0.1, -0.05) is 13.0 Å². The van der Waals surface area contributed by atoms with E-state index in [2.05, 4.69) is 6.92 Å². The number of carbonyl (C=O) groups is 1. The van der Waals surface area contributed by atoms with Crippen LogP contribution in [0.5, 0.6) is 5.75 Å². The van der Waals surface area contributed by atoms with Gasteiger partial charge < -0.3 is 14.6 Å². The van der Waals surface area contributed by atoms with Crippen LogP contribution < -0.4 is 4.74 Å². The summed E-state index contributed by atoms with van der Waals surface area (Å²) < 4.78 is 11.3. The molecule has 0 amide bonds. The molecule has 110 valence electrons. The van der Waals surface area contributed by atoms with Crippen LogP contribution in [0, 0.1) is 5.92 Å². The normalized spacial score (nSPS) is 22.4. The Kier molecular flexibility index (Phi) is 5.41. The van der Waals surface area contributed by atoms with E-state index < -0.39 is 5.97 Å². The smallest absolute Gasteiger partial charge is 0.335 e. The van der Waals surface area contributed by atoms with Gasteiger partial charge in [0.25, 0.3) is 0 Å². The van der Waals surface area contributed by atoms with E-state index in [1.54, 1.807) is 18.2 Å². The van der Waals surface area contributed by atoms with Crippen LogP contribution in [0.15, 0.2) is 24.3 Å². The predicted molar refractivity (Wildman–Crippen MR) is 76.3 cm³/mol. The average molecular weight is 278 g/mol. The number of hydrogen-bond donors (Lipinski definition) is 1. The first-order valence-electron chi connectivity index (χ1n) is 7.23. The zero-order valence-corrected chi connectivity index (χ0v) is 11.9. The molecule has 20 heavy (non-hydrogen) atoms. The van der Waals surface area contributed by atoms with Crippen LogP contribution in [-0.4, -0.2) is 30.4 Å². The number of rotatable bonds is 6. The Labute approximate surface area is 119 Å². The first kappa shape index (κ1) is 14.9. The molecule has 4 nitrogen and oxygen atoms in total. The highest BCUT2D eigenvalue weighted by atomic mass is 16.5. The van der Waals surface area contributed by atoms with Gasteiger partial charge in [-0.2, -0.15) is 0 Å². The van der Waals surface area contributed by atoms with Crippen LogP contribution in [-0.2, 0) is 4.74 Å². The van der Waals surface area contributed by atoms with Gasteiger partial charge in [0.15, 0.2) is 0 Å². The zero-order chi connectivity index (χ0) is 14.4. The van der Waals surface area contributed by atoms with E-state index in [1.165, 1.54) is 18.9 Å². The first-order chi connectivity index (χ1) is 9.65. The van der Waals surface area contributed by atoms with Gasteiger partial charge in [0.1, 0.15) is 12.4 Å². The monoisotopic (exact) mass is 278 g/mol. The highest BCUT2D eigenvalue weighted by molar-refractivity contribution is 5.87. The fourth-order valence-electron chi connectivity index (χ4n) is 2.49. The van der Waals surface area contributed by atoms with Gasteiger partial charge in [0.05, 0.1) is 18.3 Å². The molecule has 1 saturated carbocycles. The Morgan fingerprint density at radius 3 is 2.70 bits per heavy atom. The molecule has 0 atom stereocenters. The van der Waals surface area contributed by atoms with E-state index >= 15 is 0 Å². The van der Waals surface area contributed by atoms with Gasteiger partial charge in [-0.05, 0) is 49.8 Å². The SMILES string of the molecule is CC1CCC(OCCOc2cccc(C(=O)O)c2)CC1. The van der Waals surface area contributed by atoms with Crippen molar-refractivity contribution >= 4 is 5.97 Å². The van der Waals surface area contributed by atoms with E-state index in [0.717, 1.165) is 18.8 Å². The molecule has 0 unspecified atom stereocenters. The van der Waals surface area contributed by atoms with Crippen LogP contribution >= 0.6 is 0 Å². The maximum atomic E-state index is 10.8. The van der Waals surface area contributed by atoms with Crippen LogP contribution in [0.25, 0.3) is 0 Å². The Morgan fingerprint density at radius 1 is 1.25 bits per heavy atom. The molecular formula is C16H22O4. The zero-order valence-electron chi connectivity index (χ0n) is 11.9. The van der Waals surface area contributed by atoms with Gasteiger partial charge >= 0.3 is 5.97 Å². The molecule has 0 heterocycles. The van der Waals surface area contributed by atoms with E-state index in [4.69, 9.17) is 14.6 Å². The molecule has 0 saturated heterocycles. The fraction of sp³-hybridized carbons (Fsp3) is 0.562. The van der Waals surface area contributed by atoms with Crippen molar-refractivity contribution in [3.63, 3.8) is 0 Å². The Morgan fingerprint density at radius 2 is 2.00 bits per heavy atom. The molecule has 4 heteroatoms. The van der Waals surface area contributed by atoms with Crippen molar-refractivity contribution in [2.45, 2.75) is 38.7 Å². The molecule has 1 N–H and O–H groups in total. The summed E-state index contributed by atoms with van der Waals surface area (Å²) >= 11 is 0. The van der Waals surface area contributed by atoms with Crippen molar-refractivity contribution in [1.82, 2.24) is 0 Å². The molecule has 0 aromatic heterocycles. The van der Waals surface area contributed by atoms with Gasteiger partial charge in [0.2, 0.25) is 0 Å². The van der Waals surface area contributed by atoms with E-state index in [1.807, 2.05) is 0 Å². The van der Waals surface area contributed by atoms with Crippen LogP contribution in [0.3, 0.4) is 0 Å². The summed E-state index contributed by atoms with van der Waals surface area (Å²) in [5.74, 6) is 0.457. The third-order valence-electron chi connectivity index (χ3n) is 3.75. The van der Waals surface area contributed by atoms with Gasteiger partial charge in [-0.25, -0.2) is 4.79 Å². The largest absolute Gasteiger partial charge is 0.491 e. The molecule has 1 aliphatic rings. The molecule has 1 aliphatic carbocycles. The summed E-state index contributed by atoms with van der Waals surface area (Å²) in [7, 11) is 0. The lowest BCUT2D eigenvalue weighted by Crippen LogP contribution is -2.22. The van der Waals surface area contributed by atoms with E-state index in [-0.39, 0.29) is 5.56 Å². The highest BCUT2D eigenvalue weighted by Gasteiger charge is 2.18. The first-order valence-corrected chi connectivity index (χ1v) is 7.23. The second kappa shape index (κ2) is 7.29. The van der Waals surface area contributed by atoms with Gasteiger partial charge in [-0.3, -0.25) is 0 Å². The van der Waals surface area contributed by atoms with Crippen molar-refractivity contribution in [3.05, 3.63) is 29.8 Å². The molecule has 1 aromatic carbocycles. The Hall–Kier alpha value is -1.55. The predicted octanol–water partition coefficient (Wildman–Crippen LogP) is 3.36. The second-order valence-electron chi connectivity index (χ2n) is 5.43. The van der Waals surface area contributed by atoms with Crippen LogP contribution in [0.1, 0.15) is 43.0 Å². The molecule has 0 spiro atoms. The number of carboxylic acid groups (broad SMARTS) is 1. The number of carboxylic acids is 1. The summed E-state index contributed by atoms with van der Waals surface area (Å²) in [6.45, 7) is 3.29. The van der Waals surface area contributed by atoms with Crippen LogP contribution in [0.4, 0.5) is 0 Å². The molecule has 0 aliphatic heterocycles. The lowest BCUT2D eigenvalue weighted by atomic mass is 9.89. The van der Waals surface area contributed by atoms with Crippen molar-refractivity contribution in [1.29, 1.82) is 0 Å². The minimum Gasteiger partial charge on any atom is -0.491 e. The summed E-state index contributed by atoms with van der Waals surface area (Å²) in [4.78, 5) is 10.8. The third kappa shape index (κ3) is 4.53. The van der Waals surface area contributed by atoms with Gasteiger partial charge in [-0.15, -0.1) is 0 Å². The van der Waals surface area contributed by atoms with Crippen LogP contribution in [0.2, 0.25) is 0 Å². The van der Waals surface area contributed by atoms with E-state index in [0.29, 0.717) is 25.1 Å². The molecular weight excluding hydrogens is 256 g/mol. The van der Waals surface area contributed by atoms with E-state index in [9.17, 15) is 4.79 Å². The standard InChI is InChI=1S/C16H22O4/c1-12-5-7-14(8-6-12)19-9-10-20-15-4-2-3-13(11-15)16(17)18/h2-4,11-12,14H,5-10H2,1H3,(H,17,18). The minimum atomic E-state index is -0.942. The highest BCUT2D eigenvalue weighted by Crippen LogP contribution is 2.25. The number of hydrogen-bond acceptors (Lipinski definition) is 3. The number of ether oxygens (including phenoxy) is 2. The number of aromatic carboxylic acids is 1. The molecule has 1 fully saturated rings. The molecule has 0 bridgehead atoms. The Bertz CT molecular complexity index is 436. The summed E-state index contributed by atoms with van der Waals surface area (Å²) in [5, 5.41) is 8.89. The molecule has 1 aromatic rings. The second-order valence-corrected chi connectivity index (χ2v) is 5.43. The lowest BCUT2D eigenvalue weighted by molar-refractivity contribution is 0.00570. The van der Waals surface area contributed by atoms with Crippen molar-refractivity contribution < 1.29 is 19.4 Å². The minimum absolute atomic E-state index is 0.240. The lowest BCUT2D eigenvalue weighted by Gasteiger charge is -2.26. The third-order valence-corrected chi connectivity index (χ3v) is 3.75. The molecule has 2 rings (SSSR count). The fourth-order valence-corrected chi connectivity index (χ4v) is 2.49. The molecule has 0 radical (unpaired) electrons. The number of benzene rings is 1. The topological polar surface area (TPSA) is 55.8 Å². The Balaban J connectivity index is 1.68. The van der Waals surface area contributed by atoms with Crippen molar-refractivity contribution in [2.75, 3.05) is 13.2 Å². The summed E-state index contributed by atoms with van der Waals surface area (Å²) in [6.07, 6.45) is 5.11. The average Bonchev–Trinajstić information content (AvgIpc) is 2.46.